The van der Waals surface area contributed by atoms with Crippen LogP contribution in [0.5, 0.6) is 0 Å². The van der Waals surface area contributed by atoms with Crippen molar-refractivity contribution in [3.8, 4) is 26.6 Å². The number of para-hydroxylation sites is 2. The third kappa shape index (κ3) is 4.54. The molecule has 2 nitrogen and oxygen atoms in total. The molecule has 9 aromatic rings. The van der Waals surface area contributed by atoms with Crippen LogP contribution in [0, 0.1) is 0 Å². The number of hydrogen-bond donors (Lipinski definition) is 0. The third-order valence-corrected chi connectivity index (χ3v) is 11.1. The van der Waals surface area contributed by atoms with Crippen molar-refractivity contribution in [3.05, 3.63) is 170 Å². The maximum atomic E-state index is 2.45. The predicted molar refractivity (Wildman–Crippen MR) is 200 cm³/mol. The van der Waals surface area contributed by atoms with Crippen molar-refractivity contribution in [2.24, 2.45) is 0 Å². The molecule has 0 fully saturated rings. The molecular weight excluding hydrogens is 597 g/mol. The van der Waals surface area contributed by atoms with Gasteiger partial charge in [-0.3, -0.25) is 0 Å². The number of aromatic nitrogens is 1. The summed E-state index contributed by atoms with van der Waals surface area (Å²) in [4.78, 5) is 4.92. The number of thiophene rings is 2. The Morgan fingerprint density at radius 3 is 1.91 bits per heavy atom. The lowest BCUT2D eigenvalue weighted by Crippen LogP contribution is -2.07. The summed E-state index contributed by atoms with van der Waals surface area (Å²) < 4.78 is 3.77. The van der Waals surface area contributed by atoms with E-state index in [0.29, 0.717) is 0 Å². The Hall–Kier alpha value is -5.42. The summed E-state index contributed by atoms with van der Waals surface area (Å²) in [5.41, 5.74) is 8.44. The van der Waals surface area contributed by atoms with Crippen molar-refractivity contribution in [1.29, 1.82) is 0 Å². The van der Waals surface area contributed by atoms with Gasteiger partial charge in [0.15, 0.2) is 0 Å². The van der Waals surface area contributed by atoms with Gasteiger partial charge in [0.2, 0.25) is 0 Å². The van der Waals surface area contributed by atoms with Crippen molar-refractivity contribution in [1.82, 2.24) is 4.57 Å². The van der Waals surface area contributed by atoms with E-state index >= 15 is 0 Å². The lowest BCUT2D eigenvalue weighted by Gasteiger charge is -2.23. The van der Waals surface area contributed by atoms with Gasteiger partial charge in [0, 0.05) is 31.9 Å². The average Bonchev–Trinajstić information content (AvgIpc) is 3.85. The highest BCUT2D eigenvalue weighted by Gasteiger charge is 2.20. The first kappa shape index (κ1) is 26.9. The average molecular weight is 625 g/mol. The van der Waals surface area contributed by atoms with Gasteiger partial charge in [0.05, 0.1) is 21.4 Å². The Morgan fingerprint density at radius 2 is 1.09 bits per heavy atom. The smallest absolute Gasteiger partial charge is 0.101 e. The van der Waals surface area contributed by atoms with Gasteiger partial charge in [-0.1, -0.05) is 115 Å². The molecule has 6 aromatic carbocycles. The molecule has 3 heterocycles. The summed E-state index contributed by atoms with van der Waals surface area (Å²) in [7, 11) is 0. The zero-order valence-electron chi connectivity index (χ0n) is 24.9. The SMILES string of the molecule is c1ccc(-c2ccc(N(c3ccccc3)c3ccc(-c4cc5c(s4)c4ccccc4n5-c4cccc5ccccc45)s3)cc2)cc1. The molecule has 0 saturated heterocycles. The fraction of sp³-hybridized carbons (Fsp3) is 0. The van der Waals surface area contributed by atoms with Gasteiger partial charge in [0.1, 0.15) is 5.00 Å². The van der Waals surface area contributed by atoms with Crippen molar-refractivity contribution < 1.29 is 0 Å². The van der Waals surface area contributed by atoms with Crippen molar-refractivity contribution in [2.45, 2.75) is 0 Å². The topological polar surface area (TPSA) is 8.17 Å². The molecule has 0 amide bonds. The van der Waals surface area contributed by atoms with E-state index in [1.807, 2.05) is 22.7 Å². The van der Waals surface area contributed by atoms with Gasteiger partial charge in [-0.25, -0.2) is 0 Å². The van der Waals surface area contributed by atoms with E-state index in [-0.39, 0.29) is 0 Å². The van der Waals surface area contributed by atoms with E-state index in [9.17, 15) is 0 Å². The third-order valence-electron chi connectivity index (χ3n) is 8.65. The van der Waals surface area contributed by atoms with Crippen LogP contribution in [0.1, 0.15) is 0 Å². The highest BCUT2D eigenvalue weighted by Crippen LogP contribution is 2.47. The monoisotopic (exact) mass is 624 g/mol. The summed E-state index contributed by atoms with van der Waals surface area (Å²) in [6, 6.07) is 61.1. The maximum absolute atomic E-state index is 2.45. The maximum Gasteiger partial charge on any atom is 0.101 e. The first-order valence-electron chi connectivity index (χ1n) is 15.4. The van der Waals surface area contributed by atoms with Crippen LogP contribution in [0.3, 0.4) is 0 Å². The normalized spacial score (nSPS) is 11.5. The van der Waals surface area contributed by atoms with Crippen LogP contribution in [-0.2, 0) is 0 Å². The van der Waals surface area contributed by atoms with Crippen molar-refractivity contribution >= 4 is 70.9 Å². The highest BCUT2D eigenvalue weighted by molar-refractivity contribution is 7.27. The van der Waals surface area contributed by atoms with Crippen molar-refractivity contribution in [3.63, 3.8) is 0 Å². The minimum Gasteiger partial charge on any atom is -0.308 e. The number of fused-ring (bicyclic) bond motifs is 4. The minimum atomic E-state index is 1.14. The lowest BCUT2D eigenvalue weighted by molar-refractivity contribution is 1.20. The number of anilines is 3. The van der Waals surface area contributed by atoms with E-state index in [1.54, 1.807) is 0 Å². The largest absolute Gasteiger partial charge is 0.308 e. The molecule has 0 aliphatic heterocycles. The number of benzene rings is 6. The van der Waals surface area contributed by atoms with Gasteiger partial charge in [0.25, 0.3) is 0 Å². The molecule has 0 atom stereocenters. The summed E-state index contributed by atoms with van der Waals surface area (Å²) in [6.07, 6.45) is 0. The molecule has 46 heavy (non-hydrogen) atoms. The number of hydrogen-bond acceptors (Lipinski definition) is 3. The summed E-state index contributed by atoms with van der Waals surface area (Å²) in [6.45, 7) is 0. The Morgan fingerprint density at radius 1 is 0.435 bits per heavy atom. The Balaban J connectivity index is 1.16. The number of rotatable bonds is 6. The second-order valence-corrected chi connectivity index (χ2v) is 13.5. The summed E-state index contributed by atoms with van der Waals surface area (Å²) in [5.74, 6) is 0. The Bertz CT molecular complexity index is 2460. The zero-order chi connectivity index (χ0) is 30.5. The fourth-order valence-corrected chi connectivity index (χ4v) is 8.82. The minimum absolute atomic E-state index is 1.14. The first-order chi connectivity index (χ1) is 22.8. The van der Waals surface area contributed by atoms with Crippen LogP contribution < -0.4 is 4.90 Å². The molecule has 0 spiro atoms. The Kier molecular flexibility index (Phi) is 6.55. The Labute approximate surface area is 275 Å². The zero-order valence-corrected chi connectivity index (χ0v) is 26.5. The van der Waals surface area contributed by atoms with Gasteiger partial charge in [-0.2, -0.15) is 0 Å². The molecule has 0 aliphatic carbocycles. The predicted octanol–water partition coefficient (Wildman–Crippen LogP) is 12.9. The summed E-state index contributed by atoms with van der Waals surface area (Å²) in [5, 5.41) is 4.99. The van der Waals surface area contributed by atoms with E-state index in [4.69, 9.17) is 0 Å². The molecule has 0 N–H and O–H groups in total. The van der Waals surface area contributed by atoms with Crippen LogP contribution in [0.25, 0.3) is 58.5 Å². The molecule has 4 heteroatoms. The molecule has 9 rings (SSSR count). The molecule has 0 radical (unpaired) electrons. The molecule has 0 aliphatic rings. The van der Waals surface area contributed by atoms with E-state index in [0.717, 1.165) is 11.4 Å². The molecule has 0 unspecified atom stereocenters. The molecule has 218 valence electrons. The number of nitrogens with zero attached hydrogens (tertiary/aromatic N) is 2. The van der Waals surface area contributed by atoms with E-state index < -0.39 is 0 Å². The first-order valence-corrected chi connectivity index (χ1v) is 17.1. The van der Waals surface area contributed by atoms with E-state index in [1.165, 1.54) is 63.5 Å². The molecule has 3 aromatic heterocycles. The second-order valence-electron chi connectivity index (χ2n) is 11.4. The van der Waals surface area contributed by atoms with Crippen LogP contribution in [0.2, 0.25) is 0 Å². The van der Waals surface area contributed by atoms with Crippen LogP contribution in [0.15, 0.2) is 170 Å². The van der Waals surface area contributed by atoms with Crippen molar-refractivity contribution in [2.75, 3.05) is 4.90 Å². The van der Waals surface area contributed by atoms with Crippen LogP contribution in [0.4, 0.5) is 16.4 Å². The van der Waals surface area contributed by atoms with Crippen LogP contribution >= 0.6 is 22.7 Å². The van der Waals surface area contributed by atoms with Crippen LogP contribution in [-0.4, -0.2) is 4.57 Å². The van der Waals surface area contributed by atoms with E-state index in [2.05, 4.69) is 179 Å². The fourth-order valence-electron chi connectivity index (χ4n) is 6.51. The van der Waals surface area contributed by atoms with Gasteiger partial charge in [-0.15, -0.1) is 22.7 Å². The summed E-state index contributed by atoms with van der Waals surface area (Å²) >= 11 is 3.73. The van der Waals surface area contributed by atoms with Gasteiger partial charge in [-0.05, 0) is 71.1 Å². The van der Waals surface area contributed by atoms with Gasteiger partial charge >= 0.3 is 0 Å². The highest BCUT2D eigenvalue weighted by atomic mass is 32.1. The lowest BCUT2D eigenvalue weighted by atomic mass is 10.1. The van der Waals surface area contributed by atoms with Gasteiger partial charge < -0.3 is 9.47 Å². The molecule has 0 saturated carbocycles. The molecule has 0 bridgehead atoms. The quantitative estimate of drug-likeness (QED) is 0.179. The second kappa shape index (κ2) is 11.2. The standard InChI is InChI=1S/C42H28N2S2/c1-3-12-29(13-4-1)30-22-24-33(25-23-30)43(32-16-5-2-6-17-32)41-27-26-39(45-41)40-28-38-42(46-40)35-19-9-10-20-37(35)44(38)36-21-11-15-31-14-7-8-18-34(31)36/h1-28H. The molecular formula is C42H28N2S2.